The standard InChI is InChI=1S/C21H25BrN2O4/c1-3-28-20(26)9-7-17(13-16-10-11-23-21(16)27)24-19(25)8-6-15-5-4-14(2)18(22)12-15/h4-9,12,16-17H,3,10-11,13H2,1-2H3,(H,23,27)(H,24,25)/t16-,17+/m0/s1. The number of carbonyl (C=O) groups excluding carboxylic acids is 3. The van der Waals surface area contributed by atoms with Gasteiger partial charge in [0, 0.05) is 35.1 Å². The van der Waals surface area contributed by atoms with E-state index in [1.54, 1.807) is 19.1 Å². The number of halogens is 1. The fourth-order valence-electron chi connectivity index (χ4n) is 2.86. The van der Waals surface area contributed by atoms with E-state index in [-0.39, 0.29) is 24.3 Å². The lowest BCUT2D eigenvalue weighted by atomic mass is 9.98. The first kappa shape index (κ1) is 21.9. The van der Waals surface area contributed by atoms with Crippen LogP contribution >= 0.6 is 15.9 Å². The van der Waals surface area contributed by atoms with Gasteiger partial charge in [-0.3, -0.25) is 9.59 Å². The Hall–Kier alpha value is -2.41. The first-order valence-corrected chi connectivity index (χ1v) is 10.1. The highest BCUT2D eigenvalue weighted by molar-refractivity contribution is 9.10. The third-order valence-corrected chi connectivity index (χ3v) is 5.26. The van der Waals surface area contributed by atoms with Gasteiger partial charge in [0.25, 0.3) is 0 Å². The molecule has 2 rings (SSSR count). The van der Waals surface area contributed by atoms with Crippen LogP contribution in [0.4, 0.5) is 0 Å². The van der Waals surface area contributed by atoms with Gasteiger partial charge in [0.15, 0.2) is 0 Å². The van der Waals surface area contributed by atoms with E-state index in [9.17, 15) is 14.4 Å². The Morgan fingerprint density at radius 1 is 1.39 bits per heavy atom. The molecule has 0 spiro atoms. The molecule has 0 unspecified atom stereocenters. The van der Waals surface area contributed by atoms with Gasteiger partial charge in [-0.2, -0.15) is 0 Å². The highest BCUT2D eigenvalue weighted by Crippen LogP contribution is 2.19. The van der Waals surface area contributed by atoms with Gasteiger partial charge in [-0.1, -0.05) is 34.1 Å². The fraction of sp³-hybridized carbons (Fsp3) is 0.381. The van der Waals surface area contributed by atoms with Gasteiger partial charge in [0.05, 0.1) is 6.61 Å². The van der Waals surface area contributed by atoms with Crippen LogP contribution in [0.1, 0.15) is 30.9 Å². The second kappa shape index (κ2) is 10.8. The number of esters is 1. The number of carbonyl (C=O) groups is 3. The molecule has 0 aromatic heterocycles. The SMILES string of the molecule is CCOC(=O)C=C[C@H](C[C@@H]1CCNC1=O)NC(=O)C=Cc1ccc(C)c(Br)c1. The van der Waals surface area contributed by atoms with Gasteiger partial charge in [0.2, 0.25) is 11.8 Å². The Kier molecular flexibility index (Phi) is 8.44. The van der Waals surface area contributed by atoms with Crippen LogP contribution in [0.3, 0.4) is 0 Å². The molecule has 1 saturated heterocycles. The van der Waals surface area contributed by atoms with E-state index < -0.39 is 12.0 Å². The molecule has 2 amide bonds. The van der Waals surface area contributed by atoms with Gasteiger partial charge >= 0.3 is 5.97 Å². The van der Waals surface area contributed by atoms with Crippen LogP contribution in [0.2, 0.25) is 0 Å². The van der Waals surface area contributed by atoms with E-state index in [0.717, 1.165) is 15.6 Å². The molecule has 7 heteroatoms. The number of ether oxygens (including phenoxy) is 1. The minimum absolute atomic E-state index is 0.0242. The Balaban J connectivity index is 2.03. The summed E-state index contributed by atoms with van der Waals surface area (Å²) in [6, 6.07) is 5.37. The van der Waals surface area contributed by atoms with Crippen molar-refractivity contribution in [1.29, 1.82) is 0 Å². The van der Waals surface area contributed by atoms with Crippen molar-refractivity contribution in [1.82, 2.24) is 10.6 Å². The first-order valence-electron chi connectivity index (χ1n) is 9.26. The number of nitrogens with one attached hydrogen (secondary N) is 2. The normalized spacial score (nSPS) is 17.7. The second-order valence-corrected chi connectivity index (χ2v) is 7.43. The quantitative estimate of drug-likeness (QED) is 0.472. The number of amides is 2. The summed E-state index contributed by atoms with van der Waals surface area (Å²) in [6.07, 6.45) is 7.17. The van der Waals surface area contributed by atoms with Crippen LogP contribution in [-0.2, 0) is 19.1 Å². The topological polar surface area (TPSA) is 84.5 Å². The molecule has 6 nitrogen and oxygen atoms in total. The highest BCUT2D eigenvalue weighted by atomic mass is 79.9. The maximum atomic E-state index is 12.3. The summed E-state index contributed by atoms with van der Waals surface area (Å²) in [5.74, 6) is -0.982. The maximum absolute atomic E-state index is 12.3. The fourth-order valence-corrected chi connectivity index (χ4v) is 3.26. The lowest BCUT2D eigenvalue weighted by Crippen LogP contribution is -2.35. The minimum atomic E-state index is -0.474. The van der Waals surface area contributed by atoms with Crippen molar-refractivity contribution in [3.8, 4) is 0 Å². The summed E-state index contributed by atoms with van der Waals surface area (Å²) in [5.41, 5.74) is 2.00. The lowest BCUT2D eigenvalue weighted by molar-refractivity contribution is -0.137. The number of hydrogen-bond acceptors (Lipinski definition) is 4. The van der Waals surface area contributed by atoms with Crippen molar-refractivity contribution in [2.24, 2.45) is 5.92 Å². The molecule has 1 heterocycles. The molecule has 2 atom stereocenters. The third kappa shape index (κ3) is 6.96. The predicted octanol–water partition coefficient (Wildman–Crippen LogP) is 2.90. The largest absolute Gasteiger partial charge is 0.463 e. The van der Waals surface area contributed by atoms with Gasteiger partial charge in [0.1, 0.15) is 0 Å². The van der Waals surface area contributed by atoms with Gasteiger partial charge in [-0.25, -0.2) is 4.79 Å². The highest BCUT2D eigenvalue weighted by Gasteiger charge is 2.26. The summed E-state index contributed by atoms with van der Waals surface area (Å²) < 4.78 is 5.85. The van der Waals surface area contributed by atoms with E-state index >= 15 is 0 Å². The van der Waals surface area contributed by atoms with E-state index in [4.69, 9.17) is 4.74 Å². The zero-order valence-corrected chi connectivity index (χ0v) is 17.6. The third-order valence-electron chi connectivity index (χ3n) is 4.40. The zero-order valence-electron chi connectivity index (χ0n) is 16.0. The summed E-state index contributed by atoms with van der Waals surface area (Å²) >= 11 is 3.47. The monoisotopic (exact) mass is 448 g/mol. The smallest absolute Gasteiger partial charge is 0.330 e. The molecular formula is C21H25BrN2O4. The van der Waals surface area contributed by atoms with Crippen molar-refractivity contribution >= 4 is 39.8 Å². The molecule has 1 aliphatic rings. The predicted molar refractivity (Wildman–Crippen MR) is 111 cm³/mol. The van der Waals surface area contributed by atoms with E-state index in [1.807, 2.05) is 25.1 Å². The van der Waals surface area contributed by atoms with E-state index in [0.29, 0.717) is 19.4 Å². The molecule has 1 aliphatic heterocycles. The average molecular weight is 449 g/mol. The Bertz CT molecular complexity index is 789. The molecular weight excluding hydrogens is 424 g/mol. The molecule has 28 heavy (non-hydrogen) atoms. The number of benzene rings is 1. The minimum Gasteiger partial charge on any atom is -0.463 e. The van der Waals surface area contributed by atoms with Crippen LogP contribution in [0, 0.1) is 12.8 Å². The second-order valence-electron chi connectivity index (χ2n) is 6.58. The van der Waals surface area contributed by atoms with Crippen LogP contribution < -0.4 is 10.6 Å². The number of hydrogen-bond donors (Lipinski definition) is 2. The summed E-state index contributed by atoms with van der Waals surface area (Å²) in [6.45, 7) is 4.63. The molecule has 1 aromatic rings. The van der Waals surface area contributed by atoms with Gasteiger partial charge in [-0.05, 0) is 50.0 Å². The average Bonchev–Trinajstić information content (AvgIpc) is 3.05. The molecule has 1 aromatic carbocycles. The molecule has 150 valence electrons. The molecule has 2 N–H and O–H groups in total. The van der Waals surface area contributed by atoms with Crippen molar-refractivity contribution in [3.63, 3.8) is 0 Å². The summed E-state index contributed by atoms with van der Waals surface area (Å²) in [5, 5.41) is 5.63. The van der Waals surface area contributed by atoms with Crippen LogP contribution in [0.15, 0.2) is 40.9 Å². The Morgan fingerprint density at radius 3 is 2.82 bits per heavy atom. The van der Waals surface area contributed by atoms with E-state index in [2.05, 4.69) is 26.6 Å². The first-order chi connectivity index (χ1) is 13.4. The van der Waals surface area contributed by atoms with Gasteiger partial charge < -0.3 is 15.4 Å². The van der Waals surface area contributed by atoms with Crippen LogP contribution in [0.25, 0.3) is 6.08 Å². The number of aryl methyl sites for hydroxylation is 1. The van der Waals surface area contributed by atoms with Crippen molar-refractivity contribution in [2.75, 3.05) is 13.2 Å². The van der Waals surface area contributed by atoms with Crippen LogP contribution in [0.5, 0.6) is 0 Å². The molecule has 1 fully saturated rings. The van der Waals surface area contributed by atoms with E-state index in [1.165, 1.54) is 12.2 Å². The summed E-state index contributed by atoms with van der Waals surface area (Å²) in [7, 11) is 0. The van der Waals surface area contributed by atoms with Gasteiger partial charge in [-0.15, -0.1) is 0 Å². The zero-order chi connectivity index (χ0) is 20.5. The molecule has 0 bridgehead atoms. The Labute approximate surface area is 173 Å². The Morgan fingerprint density at radius 2 is 2.18 bits per heavy atom. The molecule has 0 aliphatic carbocycles. The van der Waals surface area contributed by atoms with Crippen LogP contribution in [-0.4, -0.2) is 37.0 Å². The summed E-state index contributed by atoms with van der Waals surface area (Å²) in [4.78, 5) is 35.8. The molecule has 0 saturated carbocycles. The maximum Gasteiger partial charge on any atom is 0.330 e. The number of rotatable bonds is 8. The molecule has 0 radical (unpaired) electrons. The van der Waals surface area contributed by atoms with Crippen molar-refractivity contribution in [3.05, 3.63) is 52.0 Å². The van der Waals surface area contributed by atoms with Crippen molar-refractivity contribution < 1.29 is 19.1 Å². The van der Waals surface area contributed by atoms with Crippen molar-refractivity contribution in [2.45, 2.75) is 32.7 Å². The lowest BCUT2D eigenvalue weighted by Gasteiger charge is -2.17.